The number of nitrogens with two attached hydrogens (primary N) is 1. The van der Waals surface area contributed by atoms with Crippen LogP contribution in [0.3, 0.4) is 0 Å². The van der Waals surface area contributed by atoms with Crippen molar-refractivity contribution < 1.29 is 0 Å². The van der Waals surface area contributed by atoms with E-state index in [1.165, 1.54) is 21.9 Å². The normalized spacial score (nSPS) is 18.8. The maximum atomic E-state index is 6.03. The van der Waals surface area contributed by atoms with Gasteiger partial charge in [0.25, 0.3) is 0 Å². The third-order valence-electron chi connectivity index (χ3n) is 2.82. The molecule has 1 unspecified atom stereocenters. The zero-order valence-electron chi connectivity index (χ0n) is 7.77. The van der Waals surface area contributed by atoms with Crippen LogP contribution >= 0.6 is 0 Å². The highest BCUT2D eigenvalue weighted by atomic mass is 14.6. The molecule has 1 heteroatoms. The molecule has 3 rings (SSSR count). The summed E-state index contributed by atoms with van der Waals surface area (Å²) in [5.74, 6) is 0. The Morgan fingerprint density at radius 3 is 2.79 bits per heavy atom. The van der Waals surface area contributed by atoms with Crippen LogP contribution in [0.15, 0.2) is 42.5 Å². The lowest BCUT2D eigenvalue weighted by Gasteiger charge is -2.09. The van der Waals surface area contributed by atoms with E-state index in [2.05, 4.69) is 48.6 Å². The number of hydrogen-bond acceptors (Lipinski definition) is 1. The highest BCUT2D eigenvalue weighted by Gasteiger charge is 2.15. The lowest BCUT2D eigenvalue weighted by Crippen LogP contribution is -2.05. The zero-order chi connectivity index (χ0) is 9.54. The molecular weight excluding hydrogens is 170 g/mol. The van der Waals surface area contributed by atoms with Gasteiger partial charge in [-0.05, 0) is 21.9 Å². The molecule has 0 radical (unpaired) electrons. The lowest BCUT2D eigenvalue weighted by atomic mass is 9.99. The minimum Gasteiger partial charge on any atom is -0.321 e. The molecule has 0 spiro atoms. The largest absolute Gasteiger partial charge is 0.321 e. The van der Waals surface area contributed by atoms with Gasteiger partial charge in [0, 0.05) is 6.04 Å². The molecule has 14 heavy (non-hydrogen) atoms. The third-order valence-corrected chi connectivity index (χ3v) is 2.82. The molecule has 0 heterocycles. The molecule has 2 aromatic carbocycles. The minimum atomic E-state index is 0.0658. The Bertz CT molecular complexity index is 526. The summed E-state index contributed by atoms with van der Waals surface area (Å²) < 4.78 is 0. The van der Waals surface area contributed by atoms with E-state index in [1.54, 1.807) is 0 Å². The predicted octanol–water partition coefficient (Wildman–Crippen LogP) is 2.87. The Morgan fingerprint density at radius 2 is 1.86 bits per heavy atom. The average molecular weight is 181 g/mol. The van der Waals surface area contributed by atoms with E-state index in [0.29, 0.717) is 0 Å². The molecule has 0 aromatic heterocycles. The van der Waals surface area contributed by atoms with Crippen LogP contribution in [0.1, 0.15) is 17.2 Å². The van der Waals surface area contributed by atoms with E-state index in [9.17, 15) is 0 Å². The number of benzene rings is 2. The monoisotopic (exact) mass is 181 g/mol. The third kappa shape index (κ3) is 0.932. The van der Waals surface area contributed by atoms with Crippen LogP contribution in [0.4, 0.5) is 0 Å². The first kappa shape index (κ1) is 7.77. The van der Waals surface area contributed by atoms with Crippen molar-refractivity contribution in [3.63, 3.8) is 0 Å². The first-order valence-corrected chi connectivity index (χ1v) is 4.82. The summed E-state index contributed by atoms with van der Waals surface area (Å²) in [6.45, 7) is 0. The van der Waals surface area contributed by atoms with Crippen molar-refractivity contribution in [1.82, 2.24) is 0 Å². The van der Waals surface area contributed by atoms with E-state index in [-0.39, 0.29) is 6.04 Å². The van der Waals surface area contributed by atoms with Gasteiger partial charge in [-0.2, -0.15) is 0 Å². The molecule has 0 bridgehead atoms. The Balaban J connectivity index is 2.44. The van der Waals surface area contributed by atoms with Crippen LogP contribution < -0.4 is 5.73 Å². The van der Waals surface area contributed by atoms with E-state index >= 15 is 0 Å². The number of fused-ring (bicyclic) bond motifs is 3. The van der Waals surface area contributed by atoms with Crippen molar-refractivity contribution in [2.24, 2.45) is 5.73 Å². The second-order valence-corrected chi connectivity index (χ2v) is 3.67. The molecule has 0 fully saturated rings. The molecule has 2 N–H and O–H groups in total. The van der Waals surface area contributed by atoms with E-state index in [1.807, 2.05) is 0 Å². The van der Waals surface area contributed by atoms with Gasteiger partial charge in [-0.3, -0.25) is 0 Å². The van der Waals surface area contributed by atoms with Gasteiger partial charge >= 0.3 is 0 Å². The van der Waals surface area contributed by atoms with Gasteiger partial charge < -0.3 is 5.73 Å². The second kappa shape index (κ2) is 2.69. The van der Waals surface area contributed by atoms with Crippen LogP contribution in [-0.2, 0) is 0 Å². The van der Waals surface area contributed by atoms with Crippen LogP contribution in [0, 0.1) is 0 Å². The summed E-state index contributed by atoms with van der Waals surface area (Å²) in [5.41, 5.74) is 8.55. The summed E-state index contributed by atoms with van der Waals surface area (Å²) in [6.07, 6.45) is 4.16. The standard InChI is InChI=1S/C13H11N/c14-12-8-7-10-6-5-9-3-1-2-4-11(9)13(10)12/h1-8,12H,14H2. The quantitative estimate of drug-likeness (QED) is 0.664. The topological polar surface area (TPSA) is 26.0 Å². The van der Waals surface area contributed by atoms with Gasteiger partial charge in [0.2, 0.25) is 0 Å². The molecule has 0 saturated heterocycles. The molecule has 0 amide bonds. The van der Waals surface area contributed by atoms with Crippen LogP contribution in [-0.4, -0.2) is 0 Å². The highest BCUT2D eigenvalue weighted by Crippen LogP contribution is 2.32. The SMILES string of the molecule is NC1C=Cc2ccc3ccccc3c21. The van der Waals surface area contributed by atoms with E-state index in [4.69, 9.17) is 5.73 Å². The Labute approximate surface area is 82.9 Å². The average Bonchev–Trinajstić information content (AvgIpc) is 2.61. The van der Waals surface area contributed by atoms with E-state index in [0.717, 1.165) is 0 Å². The van der Waals surface area contributed by atoms with Crippen molar-refractivity contribution in [3.05, 3.63) is 53.6 Å². The lowest BCUT2D eigenvalue weighted by molar-refractivity contribution is 0.942. The predicted molar refractivity (Wildman–Crippen MR) is 59.9 cm³/mol. The summed E-state index contributed by atoms with van der Waals surface area (Å²) in [7, 11) is 0. The minimum absolute atomic E-state index is 0.0658. The van der Waals surface area contributed by atoms with Crippen LogP contribution in [0.25, 0.3) is 16.8 Å². The first-order chi connectivity index (χ1) is 6.86. The Hall–Kier alpha value is -1.60. The van der Waals surface area contributed by atoms with Gasteiger partial charge in [-0.15, -0.1) is 0 Å². The maximum absolute atomic E-state index is 6.03. The summed E-state index contributed by atoms with van der Waals surface area (Å²) in [6, 6.07) is 12.7. The molecule has 1 aliphatic rings. The molecule has 1 aliphatic carbocycles. The van der Waals surface area contributed by atoms with Crippen LogP contribution in [0.5, 0.6) is 0 Å². The molecule has 0 saturated carbocycles. The maximum Gasteiger partial charge on any atom is 0.0496 e. The fraction of sp³-hybridized carbons (Fsp3) is 0.0769. The highest BCUT2D eigenvalue weighted by molar-refractivity contribution is 5.91. The molecule has 1 nitrogen and oxygen atoms in total. The van der Waals surface area contributed by atoms with Crippen molar-refractivity contribution in [2.45, 2.75) is 6.04 Å². The fourth-order valence-corrected chi connectivity index (χ4v) is 2.13. The van der Waals surface area contributed by atoms with E-state index < -0.39 is 0 Å². The van der Waals surface area contributed by atoms with Crippen molar-refractivity contribution in [1.29, 1.82) is 0 Å². The number of hydrogen-bond donors (Lipinski definition) is 1. The Morgan fingerprint density at radius 1 is 1.00 bits per heavy atom. The zero-order valence-corrected chi connectivity index (χ0v) is 7.77. The summed E-state index contributed by atoms with van der Waals surface area (Å²) in [4.78, 5) is 0. The van der Waals surface area contributed by atoms with Crippen molar-refractivity contribution >= 4 is 16.8 Å². The van der Waals surface area contributed by atoms with Gasteiger partial charge in [0.05, 0.1) is 0 Å². The van der Waals surface area contributed by atoms with Gasteiger partial charge in [0.15, 0.2) is 0 Å². The molecule has 0 aliphatic heterocycles. The van der Waals surface area contributed by atoms with Crippen molar-refractivity contribution in [3.8, 4) is 0 Å². The molecule has 2 aromatic rings. The smallest absolute Gasteiger partial charge is 0.0496 e. The number of rotatable bonds is 0. The first-order valence-electron chi connectivity index (χ1n) is 4.82. The van der Waals surface area contributed by atoms with Gasteiger partial charge in [-0.1, -0.05) is 48.6 Å². The second-order valence-electron chi connectivity index (χ2n) is 3.67. The fourth-order valence-electron chi connectivity index (χ4n) is 2.13. The van der Waals surface area contributed by atoms with Crippen LogP contribution in [0.2, 0.25) is 0 Å². The Kier molecular flexibility index (Phi) is 1.49. The molecule has 68 valence electrons. The van der Waals surface area contributed by atoms with Gasteiger partial charge in [-0.25, -0.2) is 0 Å². The van der Waals surface area contributed by atoms with Gasteiger partial charge in [0.1, 0.15) is 0 Å². The van der Waals surface area contributed by atoms with Crippen molar-refractivity contribution in [2.75, 3.05) is 0 Å². The molecular formula is C13H11N. The summed E-state index contributed by atoms with van der Waals surface area (Å²) in [5, 5.41) is 2.55. The molecule has 1 atom stereocenters. The summed E-state index contributed by atoms with van der Waals surface area (Å²) >= 11 is 0.